The Bertz CT molecular complexity index is 537. The second-order valence-electron chi connectivity index (χ2n) is 4.14. The lowest BCUT2D eigenvalue weighted by Crippen LogP contribution is -2.22. The summed E-state index contributed by atoms with van der Waals surface area (Å²) in [5.41, 5.74) is 2.39. The van der Waals surface area contributed by atoms with Crippen molar-refractivity contribution in [2.24, 2.45) is 0 Å². The molecule has 0 atom stereocenters. The van der Waals surface area contributed by atoms with Crippen molar-refractivity contribution >= 4 is 29.4 Å². The molecule has 3 heteroatoms. The normalized spacial score (nSPS) is 12.8. The monoisotopic (exact) mass is 255 g/mol. The average Bonchev–Trinajstić information content (AvgIpc) is 2.43. The van der Waals surface area contributed by atoms with Crippen molar-refractivity contribution in [2.75, 3.05) is 11.4 Å². The fourth-order valence-electron chi connectivity index (χ4n) is 2.20. The highest BCUT2D eigenvalue weighted by Gasteiger charge is 2.21. The molecule has 2 nitrogen and oxygen atoms in total. The van der Waals surface area contributed by atoms with E-state index in [1.165, 1.54) is 21.2 Å². The SMILES string of the molecule is O=CCCN1c2ccccc2Sc2ccccc21. The van der Waals surface area contributed by atoms with E-state index in [0.29, 0.717) is 6.42 Å². The van der Waals surface area contributed by atoms with Crippen LogP contribution in [0.1, 0.15) is 6.42 Å². The van der Waals surface area contributed by atoms with E-state index >= 15 is 0 Å². The van der Waals surface area contributed by atoms with Gasteiger partial charge in [0.05, 0.1) is 11.4 Å². The van der Waals surface area contributed by atoms with E-state index in [4.69, 9.17) is 0 Å². The first-order valence-corrected chi connectivity index (χ1v) is 6.79. The van der Waals surface area contributed by atoms with Crippen LogP contribution in [0.2, 0.25) is 0 Å². The van der Waals surface area contributed by atoms with E-state index < -0.39 is 0 Å². The van der Waals surface area contributed by atoms with Crippen molar-refractivity contribution in [3.63, 3.8) is 0 Å². The predicted octanol–water partition coefficient (Wildman–Crippen LogP) is 3.88. The van der Waals surface area contributed by atoms with Gasteiger partial charge in [0.1, 0.15) is 6.29 Å². The third kappa shape index (κ3) is 1.91. The summed E-state index contributed by atoms with van der Waals surface area (Å²) in [6.07, 6.45) is 1.53. The fraction of sp³-hybridized carbons (Fsp3) is 0.133. The summed E-state index contributed by atoms with van der Waals surface area (Å²) in [5, 5.41) is 0. The molecule has 0 unspecified atom stereocenters. The summed E-state index contributed by atoms with van der Waals surface area (Å²) in [4.78, 5) is 15.4. The van der Waals surface area contributed by atoms with Crippen molar-refractivity contribution in [3.05, 3.63) is 48.5 Å². The molecule has 1 heterocycles. The number of nitrogens with zero attached hydrogens (tertiary/aromatic N) is 1. The fourth-order valence-corrected chi connectivity index (χ4v) is 3.30. The van der Waals surface area contributed by atoms with Gasteiger partial charge in [0, 0.05) is 22.8 Å². The van der Waals surface area contributed by atoms with Crippen LogP contribution in [0.25, 0.3) is 0 Å². The highest BCUT2D eigenvalue weighted by atomic mass is 32.2. The van der Waals surface area contributed by atoms with Crippen LogP contribution in [0.5, 0.6) is 0 Å². The quantitative estimate of drug-likeness (QED) is 0.776. The minimum Gasteiger partial charge on any atom is -0.339 e. The smallest absolute Gasteiger partial charge is 0.121 e. The minimum atomic E-state index is 0.549. The molecular weight excluding hydrogens is 242 g/mol. The number of benzene rings is 2. The number of fused-ring (bicyclic) bond motifs is 2. The van der Waals surface area contributed by atoms with Gasteiger partial charge in [-0.3, -0.25) is 0 Å². The van der Waals surface area contributed by atoms with Gasteiger partial charge in [-0.2, -0.15) is 0 Å². The Labute approximate surface area is 111 Å². The topological polar surface area (TPSA) is 20.3 Å². The molecule has 1 aliphatic rings. The van der Waals surface area contributed by atoms with Gasteiger partial charge < -0.3 is 9.69 Å². The molecule has 90 valence electrons. The number of rotatable bonds is 3. The van der Waals surface area contributed by atoms with Crippen LogP contribution >= 0.6 is 11.8 Å². The summed E-state index contributed by atoms with van der Waals surface area (Å²) in [6, 6.07) is 16.7. The van der Waals surface area contributed by atoms with Crippen molar-refractivity contribution < 1.29 is 4.79 Å². The maximum atomic E-state index is 10.6. The molecule has 2 aromatic carbocycles. The van der Waals surface area contributed by atoms with Gasteiger partial charge in [-0.25, -0.2) is 0 Å². The summed E-state index contributed by atoms with van der Waals surface area (Å²) >= 11 is 1.79. The molecule has 0 aliphatic carbocycles. The van der Waals surface area contributed by atoms with Crippen molar-refractivity contribution in [3.8, 4) is 0 Å². The van der Waals surface area contributed by atoms with Gasteiger partial charge in [-0.05, 0) is 24.3 Å². The maximum Gasteiger partial charge on any atom is 0.121 e. The number of para-hydroxylation sites is 2. The first kappa shape index (κ1) is 11.4. The van der Waals surface area contributed by atoms with Gasteiger partial charge in [-0.1, -0.05) is 36.0 Å². The first-order chi connectivity index (χ1) is 8.90. The lowest BCUT2D eigenvalue weighted by molar-refractivity contribution is -0.107. The third-order valence-electron chi connectivity index (χ3n) is 3.00. The zero-order valence-electron chi connectivity index (χ0n) is 9.87. The van der Waals surface area contributed by atoms with Gasteiger partial charge in [0.25, 0.3) is 0 Å². The molecule has 0 amide bonds. The third-order valence-corrected chi connectivity index (χ3v) is 4.13. The maximum absolute atomic E-state index is 10.6. The standard InChI is InChI=1S/C15H13NOS/c17-11-5-10-16-12-6-1-3-8-14(12)18-15-9-4-2-7-13(15)16/h1-4,6-9,11H,5,10H2. The highest BCUT2D eigenvalue weighted by molar-refractivity contribution is 7.99. The van der Waals surface area contributed by atoms with E-state index in [0.717, 1.165) is 12.8 Å². The van der Waals surface area contributed by atoms with Crippen LogP contribution < -0.4 is 4.90 Å². The Morgan fingerprint density at radius 3 is 2.06 bits per heavy atom. The zero-order valence-corrected chi connectivity index (χ0v) is 10.7. The molecule has 0 radical (unpaired) electrons. The molecule has 0 saturated carbocycles. The summed E-state index contributed by atoms with van der Waals surface area (Å²) in [6.45, 7) is 0.734. The van der Waals surface area contributed by atoms with Gasteiger partial charge >= 0.3 is 0 Å². The van der Waals surface area contributed by atoms with Gasteiger partial charge in [-0.15, -0.1) is 0 Å². The lowest BCUT2D eigenvalue weighted by atomic mass is 10.2. The Hall–Kier alpha value is -1.74. The van der Waals surface area contributed by atoms with Crippen molar-refractivity contribution in [2.45, 2.75) is 16.2 Å². The number of carbonyl (C=O) groups excluding carboxylic acids is 1. The van der Waals surface area contributed by atoms with E-state index in [2.05, 4.69) is 41.3 Å². The number of aldehydes is 1. The molecule has 0 fully saturated rings. The molecule has 2 aromatic rings. The Morgan fingerprint density at radius 2 is 1.50 bits per heavy atom. The molecular formula is C15H13NOS. The van der Waals surface area contributed by atoms with Crippen molar-refractivity contribution in [1.29, 1.82) is 0 Å². The molecule has 0 saturated heterocycles. The molecule has 0 bridgehead atoms. The minimum absolute atomic E-state index is 0.549. The second-order valence-corrected chi connectivity index (χ2v) is 5.23. The van der Waals surface area contributed by atoms with E-state index in [1.54, 1.807) is 11.8 Å². The first-order valence-electron chi connectivity index (χ1n) is 5.97. The largest absolute Gasteiger partial charge is 0.339 e. The number of carbonyl (C=O) groups is 1. The van der Waals surface area contributed by atoms with Crippen LogP contribution in [-0.4, -0.2) is 12.8 Å². The number of hydrogen-bond acceptors (Lipinski definition) is 3. The molecule has 0 N–H and O–H groups in total. The summed E-state index contributed by atoms with van der Waals surface area (Å²) in [7, 11) is 0. The zero-order chi connectivity index (χ0) is 12.4. The van der Waals surface area contributed by atoms with E-state index in [9.17, 15) is 4.79 Å². The van der Waals surface area contributed by atoms with Crippen LogP contribution in [0.3, 0.4) is 0 Å². The van der Waals surface area contributed by atoms with Crippen LogP contribution in [0.4, 0.5) is 11.4 Å². The summed E-state index contributed by atoms with van der Waals surface area (Å²) in [5.74, 6) is 0. The molecule has 0 spiro atoms. The molecule has 18 heavy (non-hydrogen) atoms. The van der Waals surface area contributed by atoms with Crippen LogP contribution in [-0.2, 0) is 4.79 Å². The lowest BCUT2D eigenvalue weighted by Gasteiger charge is -2.32. The van der Waals surface area contributed by atoms with Crippen LogP contribution in [0, 0.1) is 0 Å². The Morgan fingerprint density at radius 1 is 0.944 bits per heavy atom. The molecule has 0 aromatic heterocycles. The van der Waals surface area contributed by atoms with Gasteiger partial charge in [0.15, 0.2) is 0 Å². The average molecular weight is 255 g/mol. The number of hydrogen-bond donors (Lipinski definition) is 0. The Kier molecular flexibility index (Phi) is 3.07. The predicted molar refractivity (Wildman–Crippen MR) is 74.7 cm³/mol. The Balaban J connectivity index is 2.08. The summed E-state index contributed by atoms with van der Waals surface area (Å²) < 4.78 is 0. The van der Waals surface area contributed by atoms with E-state index in [1.807, 2.05) is 12.1 Å². The van der Waals surface area contributed by atoms with Crippen LogP contribution in [0.15, 0.2) is 58.3 Å². The van der Waals surface area contributed by atoms with Gasteiger partial charge in [0.2, 0.25) is 0 Å². The second kappa shape index (κ2) is 4.86. The number of anilines is 2. The molecule has 3 rings (SSSR count). The molecule has 1 aliphatic heterocycles. The highest BCUT2D eigenvalue weighted by Crippen LogP contribution is 2.47. The van der Waals surface area contributed by atoms with E-state index in [-0.39, 0.29) is 0 Å². The van der Waals surface area contributed by atoms with Crippen molar-refractivity contribution in [1.82, 2.24) is 0 Å².